The van der Waals surface area contributed by atoms with Gasteiger partial charge in [0.2, 0.25) is 0 Å². The van der Waals surface area contributed by atoms with E-state index in [1.807, 2.05) is 12.2 Å². The summed E-state index contributed by atoms with van der Waals surface area (Å²) in [6, 6.07) is 20.7. The average molecular weight is 603 g/mol. The zero-order valence-corrected chi connectivity index (χ0v) is 23.7. The van der Waals surface area contributed by atoms with Gasteiger partial charge in [-0.25, -0.2) is 23.2 Å². The summed E-state index contributed by atoms with van der Waals surface area (Å²) in [5.74, 6) is 1.01. The SMILES string of the molecule is C=CC(=O)Oc1ccc(C=Cc2ccc(C#Cc3c(OC(=O)C=C)cc(-c4ccc(OC(=O)C=C)cc4)c(F)c3F)cc2)cc1. The second-order valence-electron chi connectivity index (χ2n) is 9.10. The number of rotatable bonds is 9. The first-order valence-electron chi connectivity index (χ1n) is 13.3. The lowest BCUT2D eigenvalue weighted by atomic mass is 10.0. The molecule has 6 nitrogen and oxygen atoms in total. The number of carbonyl (C=O) groups excluding carboxylic acids is 3. The Balaban J connectivity index is 1.57. The van der Waals surface area contributed by atoms with E-state index in [1.165, 1.54) is 30.3 Å². The van der Waals surface area contributed by atoms with Gasteiger partial charge in [0.05, 0.1) is 0 Å². The minimum absolute atomic E-state index is 0.175. The maximum Gasteiger partial charge on any atom is 0.335 e. The van der Waals surface area contributed by atoms with Crippen LogP contribution in [0.25, 0.3) is 23.3 Å². The maximum absolute atomic E-state index is 15.4. The van der Waals surface area contributed by atoms with Gasteiger partial charge in [0, 0.05) is 29.4 Å². The van der Waals surface area contributed by atoms with E-state index in [1.54, 1.807) is 48.5 Å². The van der Waals surface area contributed by atoms with Gasteiger partial charge in [0.15, 0.2) is 17.4 Å². The molecule has 0 bridgehead atoms. The van der Waals surface area contributed by atoms with Crippen LogP contribution in [0.4, 0.5) is 8.78 Å². The van der Waals surface area contributed by atoms with Crippen molar-refractivity contribution in [1.82, 2.24) is 0 Å². The average Bonchev–Trinajstić information content (AvgIpc) is 3.06. The summed E-state index contributed by atoms with van der Waals surface area (Å²) in [7, 11) is 0. The van der Waals surface area contributed by atoms with Gasteiger partial charge < -0.3 is 14.2 Å². The predicted molar refractivity (Wildman–Crippen MR) is 167 cm³/mol. The lowest BCUT2D eigenvalue weighted by Crippen LogP contribution is -2.07. The van der Waals surface area contributed by atoms with Crippen LogP contribution in [0.1, 0.15) is 22.3 Å². The molecule has 0 radical (unpaired) electrons. The third-order valence-corrected chi connectivity index (χ3v) is 6.07. The molecule has 0 atom stereocenters. The Morgan fingerprint density at radius 1 is 0.600 bits per heavy atom. The molecule has 4 rings (SSSR count). The molecule has 0 spiro atoms. The summed E-state index contributed by atoms with van der Waals surface area (Å²) in [5.41, 5.74) is 1.79. The normalized spacial score (nSPS) is 10.3. The molecule has 45 heavy (non-hydrogen) atoms. The molecule has 4 aromatic rings. The van der Waals surface area contributed by atoms with Gasteiger partial charge >= 0.3 is 17.9 Å². The van der Waals surface area contributed by atoms with E-state index in [0.717, 1.165) is 29.4 Å². The smallest absolute Gasteiger partial charge is 0.335 e. The molecule has 8 heteroatoms. The molecule has 0 unspecified atom stereocenters. The van der Waals surface area contributed by atoms with Crippen molar-refractivity contribution >= 4 is 30.1 Å². The molecule has 0 saturated carbocycles. The second-order valence-corrected chi connectivity index (χ2v) is 9.10. The number of ether oxygens (including phenoxy) is 3. The number of carbonyl (C=O) groups is 3. The molecule has 0 heterocycles. The summed E-state index contributed by atoms with van der Waals surface area (Å²) < 4.78 is 45.9. The van der Waals surface area contributed by atoms with Crippen LogP contribution in [0.3, 0.4) is 0 Å². The summed E-state index contributed by atoms with van der Waals surface area (Å²) in [6.07, 6.45) is 6.68. The van der Waals surface area contributed by atoms with Gasteiger partial charge in [0.1, 0.15) is 17.1 Å². The van der Waals surface area contributed by atoms with Crippen molar-refractivity contribution in [2.45, 2.75) is 0 Å². The van der Waals surface area contributed by atoms with Crippen LogP contribution >= 0.6 is 0 Å². The first-order valence-corrected chi connectivity index (χ1v) is 13.3. The molecule has 222 valence electrons. The van der Waals surface area contributed by atoms with E-state index in [4.69, 9.17) is 14.2 Å². The van der Waals surface area contributed by atoms with E-state index in [-0.39, 0.29) is 22.6 Å². The predicted octanol–water partition coefficient (Wildman–Crippen LogP) is 7.48. The largest absolute Gasteiger partial charge is 0.423 e. The van der Waals surface area contributed by atoms with Crippen LogP contribution in [0.15, 0.2) is 117 Å². The van der Waals surface area contributed by atoms with Crippen LogP contribution in [-0.2, 0) is 14.4 Å². The molecule has 0 saturated heterocycles. The third-order valence-electron chi connectivity index (χ3n) is 6.07. The highest BCUT2D eigenvalue weighted by Gasteiger charge is 2.21. The van der Waals surface area contributed by atoms with Crippen LogP contribution in [-0.4, -0.2) is 17.9 Å². The molecule has 4 aromatic carbocycles. The van der Waals surface area contributed by atoms with Crippen molar-refractivity contribution in [2.75, 3.05) is 0 Å². The van der Waals surface area contributed by atoms with Crippen LogP contribution < -0.4 is 14.2 Å². The fourth-order valence-corrected chi connectivity index (χ4v) is 3.83. The van der Waals surface area contributed by atoms with Gasteiger partial charge in [0.25, 0.3) is 0 Å². The van der Waals surface area contributed by atoms with Crippen molar-refractivity contribution < 1.29 is 37.4 Å². The highest BCUT2D eigenvalue weighted by atomic mass is 19.2. The molecule has 0 aliphatic heterocycles. The molecule has 0 aromatic heterocycles. The molecule has 0 aliphatic carbocycles. The molecular weight excluding hydrogens is 578 g/mol. The zero-order chi connectivity index (χ0) is 32.3. The number of esters is 3. The minimum Gasteiger partial charge on any atom is -0.423 e. The lowest BCUT2D eigenvalue weighted by Gasteiger charge is -2.12. The Hall–Kier alpha value is -6.33. The molecule has 0 N–H and O–H groups in total. The highest BCUT2D eigenvalue weighted by molar-refractivity contribution is 5.85. The van der Waals surface area contributed by atoms with Crippen molar-refractivity contribution in [2.24, 2.45) is 0 Å². The number of hydrogen-bond donors (Lipinski definition) is 0. The second kappa shape index (κ2) is 14.7. The first kappa shape index (κ1) is 31.6. The monoisotopic (exact) mass is 602 g/mol. The van der Waals surface area contributed by atoms with E-state index in [0.29, 0.717) is 11.3 Å². The topological polar surface area (TPSA) is 78.9 Å². The minimum atomic E-state index is -1.31. The fraction of sp³-hybridized carbons (Fsp3) is 0. The first-order chi connectivity index (χ1) is 21.7. The zero-order valence-electron chi connectivity index (χ0n) is 23.7. The summed E-state index contributed by atoms with van der Waals surface area (Å²) in [4.78, 5) is 34.7. The van der Waals surface area contributed by atoms with Crippen LogP contribution in [0.5, 0.6) is 17.2 Å². The van der Waals surface area contributed by atoms with Crippen molar-refractivity contribution in [3.05, 3.63) is 151 Å². The van der Waals surface area contributed by atoms with Gasteiger partial charge in [-0.3, -0.25) is 0 Å². The van der Waals surface area contributed by atoms with E-state index in [2.05, 4.69) is 31.6 Å². The van der Waals surface area contributed by atoms with Crippen molar-refractivity contribution in [1.29, 1.82) is 0 Å². The fourth-order valence-electron chi connectivity index (χ4n) is 3.83. The number of halogens is 2. The standard InChI is InChI=1S/C37H24F2O6/c1-4-33(40)43-28-18-13-26(14-19-28)12-9-24-7-10-25(11-8-24)15-22-30-32(45-35(42)6-3)23-31(37(39)36(30)38)27-16-20-29(21-17-27)44-34(41)5-2/h4-14,16-21,23H,1-3H2. The van der Waals surface area contributed by atoms with Gasteiger partial charge in [-0.15, -0.1) is 0 Å². The maximum atomic E-state index is 15.4. The van der Waals surface area contributed by atoms with Gasteiger partial charge in [-0.1, -0.05) is 80.1 Å². The van der Waals surface area contributed by atoms with Crippen molar-refractivity contribution in [3.63, 3.8) is 0 Å². The van der Waals surface area contributed by atoms with Crippen LogP contribution in [0, 0.1) is 23.5 Å². The Bertz CT molecular complexity index is 1880. The van der Waals surface area contributed by atoms with E-state index >= 15 is 8.78 Å². The van der Waals surface area contributed by atoms with Gasteiger partial charge in [-0.05, 0) is 59.2 Å². The Kier molecular flexibility index (Phi) is 10.3. The quantitative estimate of drug-likeness (QED) is 0.0650. The van der Waals surface area contributed by atoms with E-state index in [9.17, 15) is 14.4 Å². The summed E-state index contributed by atoms with van der Waals surface area (Å²) >= 11 is 0. The number of hydrogen-bond acceptors (Lipinski definition) is 6. The summed E-state index contributed by atoms with van der Waals surface area (Å²) in [5, 5.41) is 0. The molecule has 0 amide bonds. The molecular formula is C37H24F2O6. The highest BCUT2D eigenvalue weighted by Crippen LogP contribution is 2.34. The molecule has 0 fully saturated rings. The summed E-state index contributed by atoms with van der Waals surface area (Å²) in [6.45, 7) is 10.0. The molecule has 0 aliphatic rings. The Morgan fingerprint density at radius 3 is 1.58 bits per heavy atom. The van der Waals surface area contributed by atoms with Crippen LogP contribution in [0.2, 0.25) is 0 Å². The van der Waals surface area contributed by atoms with E-state index < -0.39 is 35.1 Å². The third kappa shape index (κ3) is 8.37. The number of benzene rings is 4. The van der Waals surface area contributed by atoms with Gasteiger partial charge in [-0.2, -0.15) is 0 Å². The lowest BCUT2D eigenvalue weighted by molar-refractivity contribution is -0.129. The Labute approximate surface area is 258 Å². The van der Waals surface area contributed by atoms with Crippen molar-refractivity contribution in [3.8, 4) is 40.2 Å². The Morgan fingerprint density at radius 2 is 1.07 bits per heavy atom.